The van der Waals surface area contributed by atoms with Crippen molar-refractivity contribution < 1.29 is 14.4 Å². The topological polar surface area (TPSA) is 86.0 Å². The van der Waals surface area contributed by atoms with Crippen molar-refractivity contribution in [2.24, 2.45) is 4.99 Å². The Morgan fingerprint density at radius 1 is 1.04 bits per heavy atom. The third-order valence-electron chi connectivity index (χ3n) is 3.58. The maximum Gasteiger partial charge on any atom is 0.302 e. The molecule has 0 saturated carbocycles. The Bertz CT molecular complexity index is 768. The number of hydrogen-bond acceptors (Lipinski definition) is 6. The fourth-order valence-corrected chi connectivity index (χ4v) is 2.13. The van der Waals surface area contributed by atoms with Crippen LogP contribution in [0.3, 0.4) is 0 Å². The SMILES string of the molecule is COc1ccc(C/N=C/C(=C/NCc2ccc(OC)cc2)[N+](=O)[O-])cc1. The van der Waals surface area contributed by atoms with Crippen molar-refractivity contribution in [2.75, 3.05) is 14.2 Å². The molecule has 2 aromatic rings. The molecule has 136 valence electrons. The third kappa shape index (κ3) is 5.94. The van der Waals surface area contributed by atoms with Gasteiger partial charge in [0, 0.05) is 6.54 Å². The van der Waals surface area contributed by atoms with Crippen LogP contribution in [0.2, 0.25) is 0 Å². The number of nitrogens with one attached hydrogen (secondary N) is 1. The van der Waals surface area contributed by atoms with Gasteiger partial charge in [0.05, 0.1) is 31.9 Å². The Balaban J connectivity index is 1.91. The second kappa shape index (κ2) is 9.83. The summed E-state index contributed by atoms with van der Waals surface area (Å²) >= 11 is 0. The number of hydrogen-bond donors (Lipinski definition) is 1. The number of benzene rings is 2. The highest BCUT2D eigenvalue weighted by molar-refractivity contribution is 5.75. The molecule has 7 nitrogen and oxygen atoms in total. The molecule has 2 rings (SSSR count). The highest BCUT2D eigenvalue weighted by Crippen LogP contribution is 2.12. The van der Waals surface area contributed by atoms with E-state index in [0.717, 1.165) is 22.6 Å². The zero-order chi connectivity index (χ0) is 18.8. The second-order valence-electron chi connectivity index (χ2n) is 5.37. The van der Waals surface area contributed by atoms with Gasteiger partial charge in [-0.25, -0.2) is 0 Å². The molecule has 0 aliphatic rings. The average Bonchev–Trinajstić information content (AvgIpc) is 2.67. The van der Waals surface area contributed by atoms with Crippen molar-refractivity contribution in [1.82, 2.24) is 5.32 Å². The number of ether oxygens (including phenoxy) is 2. The van der Waals surface area contributed by atoms with Crippen molar-refractivity contribution in [3.63, 3.8) is 0 Å². The molecule has 0 atom stereocenters. The first-order chi connectivity index (χ1) is 12.6. The molecule has 0 radical (unpaired) electrons. The van der Waals surface area contributed by atoms with Gasteiger partial charge in [0.25, 0.3) is 0 Å². The lowest BCUT2D eigenvalue weighted by atomic mass is 10.2. The predicted molar refractivity (Wildman–Crippen MR) is 100 cm³/mol. The van der Waals surface area contributed by atoms with Crippen molar-refractivity contribution in [3.05, 3.63) is 81.7 Å². The van der Waals surface area contributed by atoms with Crippen LogP contribution < -0.4 is 14.8 Å². The van der Waals surface area contributed by atoms with Crippen molar-refractivity contribution in [1.29, 1.82) is 0 Å². The van der Waals surface area contributed by atoms with E-state index in [4.69, 9.17) is 9.47 Å². The van der Waals surface area contributed by atoms with Gasteiger partial charge >= 0.3 is 5.70 Å². The van der Waals surface area contributed by atoms with Gasteiger partial charge in [0.1, 0.15) is 17.7 Å². The molecule has 7 heteroatoms. The second-order valence-corrected chi connectivity index (χ2v) is 5.37. The van der Waals surface area contributed by atoms with Gasteiger partial charge in [0.2, 0.25) is 0 Å². The van der Waals surface area contributed by atoms with E-state index < -0.39 is 4.92 Å². The molecular weight excluding hydrogens is 334 g/mol. The Morgan fingerprint density at radius 3 is 2.08 bits per heavy atom. The lowest BCUT2D eigenvalue weighted by Gasteiger charge is -2.03. The minimum atomic E-state index is -0.474. The van der Waals surface area contributed by atoms with Gasteiger partial charge in [-0.2, -0.15) is 0 Å². The molecule has 0 spiro atoms. The molecule has 1 N–H and O–H groups in total. The molecule has 0 saturated heterocycles. The minimum absolute atomic E-state index is 0.105. The van der Waals surface area contributed by atoms with E-state index in [1.54, 1.807) is 14.2 Å². The van der Waals surface area contributed by atoms with E-state index in [1.807, 2.05) is 48.5 Å². The van der Waals surface area contributed by atoms with Gasteiger partial charge in [-0.3, -0.25) is 15.1 Å². The van der Waals surface area contributed by atoms with Crippen LogP contribution in [-0.4, -0.2) is 25.4 Å². The number of nitrogens with zero attached hydrogens (tertiary/aromatic N) is 2. The Hall–Kier alpha value is -3.35. The summed E-state index contributed by atoms with van der Waals surface area (Å²) < 4.78 is 10.2. The standard InChI is InChI=1S/C19H21N3O4/c1-25-18-7-3-15(4-8-18)11-20-13-17(22(23)24)14-21-12-16-5-9-19(26-2)10-6-16/h3-10,13-14,20H,11-12H2,1-2H3/b17-13-,21-14+. The number of rotatable bonds is 9. The number of allylic oxidation sites excluding steroid dienone is 1. The number of methoxy groups -OCH3 is 2. The monoisotopic (exact) mass is 355 g/mol. The predicted octanol–water partition coefficient (Wildman–Crippen LogP) is 3.18. The number of nitro groups is 1. The van der Waals surface area contributed by atoms with Crippen LogP contribution in [0.5, 0.6) is 11.5 Å². The van der Waals surface area contributed by atoms with E-state index in [2.05, 4.69) is 10.3 Å². The van der Waals surface area contributed by atoms with Gasteiger partial charge < -0.3 is 14.8 Å². The fraction of sp³-hybridized carbons (Fsp3) is 0.211. The Morgan fingerprint density at radius 2 is 1.58 bits per heavy atom. The lowest BCUT2D eigenvalue weighted by Crippen LogP contribution is -2.10. The summed E-state index contributed by atoms with van der Waals surface area (Å²) in [7, 11) is 3.20. The van der Waals surface area contributed by atoms with E-state index in [1.165, 1.54) is 12.4 Å². The summed E-state index contributed by atoms with van der Waals surface area (Å²) in [4.78, 5) is 14.8. The molecule has 0 unspecified atom stereocenters. The molecule has 0 aliphatic carbocycles. The molecule has 0 aliphatic heterocycles. The van der Waals surface area contributed by atoms with Gasteiger partial charge in [0.15, 0.2) is 0 Å². The highest BCUT2D eigenvalue weighted by atomic mass is 16.6. The molecule has 0 bridgehead atoms. The molecule has 0 fully saturated rings. The average molecular weight is 355 g/mol. The smallest absolute Gasteiger partial charge is 0.302 e. The summed E-state index contributed by atoms with van der Waals surface area (Å²) in [6, 6.07) is 14.8. The Kier molecular flexibility index (Phi) is 7.17. The minimum Gasteiger partial charge on any atom is -0.497 e. The van der Waals surface area contributed by atoms with Crippen LogP contribution in [-0.2, 0) is 13.1 Å². The van der Waals surface area contributed by atoms with Gasteiger partial charge in [-0.1, -0.05) is 24.3 Å². The molecular formula is C19H21N3O4. The summed E-state index contributed by atoms with van der Waals surface area (Å²) in [5, 5.41) is 14.1. The van der Waals surface area contributed by atoms with E-state index >= 15 is 0 Å². The van der Waals surface area contributed by atoms with E-state index in [-0.39, 0.29) is 5.70 Å². The molecule has 2 aromatic carbocycles. The van der Waals surface area contributed by atoms with Crippen LogP contribution in [0.1, 0.15) is 11.1 Å². The molecule has 0 aromatic heterocycles. The fourth-order valence-electron chi connectivity index (χ4n) is 2.13. The Labute approximate surface area is 152 Å². The number of aliphatic imine (C=N–C) groups is 1. The van der Waals surface area contributed by atoms with Crippen LogP contribution in [0, 0.1) is 10.1 Å². The first kappa shape index (κ1) is 19.0. The zero-order valence-electron chi connectivity index (χ0n) is 14.7. The normalized spacial score (nSPS) is 11.4. The largest absolute Gasteiger partial charge is 0.497 e. The van der Waals surface area contributed by atoms with Gasteiger partial charge in [-0.15, -0.1) is 0 Å². The highest BCUT2D eigenvalue weighted by Gasteiger charge is 2.06. The quantitative estimate of drug-likeness (QED) is 0.424. The zero-order valence-corrected chi connectivity index (χ0v) is 14.7. The molecule has 0 heterocycles. The summed E-state index contributed by atoms with van der Waals surface area (Å²) in [6.45, 7) is 0.821. The molecule has 26 heavy (non-hydrogen) atoms. The van der Waals surface area contributed by atoms with Crippen LogP contribution in [0.15, 0.2) is 65.4 Å². The van der Waals surface area contributed by atoms with Crippen LogP contribution in [0.4, 0.5) is 0 Å². The maximum atomic E-state index is 11.1. The van der Waals surface area contributed by atoms with E-state index in [9.17, 15) is 10.1 Å². The first-order valence-corrected chi connectivity index (χ1v) is 7.96. The van der Waals surface area contributed by atoms with Crippen molar-refractivity contribution in [2.45, 2.75) is 13.1 Å². The summed E-state index contributed by atoms with van der Waals surface area (Å²) in [5.41, 5.74) is 1.82. The van der Waals surface area contributed by atoms with Crippen molar-refractivity contribution in [3.8, 4) is 11.5 Å². The molecule has 0 amide bonds. The lowest BCUT2D eigenvalue weighted by molar-refractivity contribution is -0.414. The van der Waals surface area contributed by atoms with Crippen LogP contribution >= 0.6 is 0 Å². The third-order valence-corrected chi connectivity index (χ3v) is 3.58. The summed E-state index contributed by atoms with van der Waals surface area (Å²) in [5.74, 6) is 1.52. The van der Waals surface area contributed by atoms with Gasteiger partial charge in [-0.05, 0) is 35.4 Å². The summed E-state index contributed by atoms with van der Waals surface area (Å²) in [6.07, 6.45) is 2.60. The van der Waals surface area contributed by atoms with Crippen molar-refractivity contribution >= 4 is 6.21 Å². The first-order valence-electron chi connectivity index (χ1n) is 7.96. The van der Waals surface area contributed by atoms with Crippen LogP contribution in [0.25, 0.3) is 0 Å². The maximum absolute atomic E-state index is 11.1. The van der Waals surface area contributed by atoms with E-state index in [0.29, 0.717) is 13.1 Å².